The van der Waals surface area contributed by atoms with Crippen molar-refractivity contribution < 1.29 is 17.9 Å². The van der Waals surface area contributed by atoms with Crippen molar-refractivity contribution in [2.75, 3.05) is 0 Å². The number of fused-ring (bicyclic) bond motifs is 1. The summed E-state index contributed by atoms with van der Waals surface area (Å²) in [4.78, 5) is 0.179. The van der Waals surface area contributed by atoms with Gasteiger partial charge in [0.05, 0.1) is 0 Å². The summed E-state index contributed by atoms with van der Waals surface area (Å²) < 4.78 is 42.3. The number of hydrogen-bond donors (Lipinski definition) is 0. The summed E-state index contributed by atoms with van der Waals surface area (Å²) in [6.07, 6.45) is 1.84. The lowest BCUT2D eigenvalue weighted by Crippen LogP contribution is -2.17. The molecule has 0 N–H and O–H groups in total. The van der Waals surface area contributed by atoms with Crippen molar-refractivity contribution in [3.8, 4) is 5.75 Å². The van der Waals surface area contributed by atoms with Crippen LogP contribution in [0.25, 0.3) is 6.08 Å². The first-order valence-electron chi connectivity index (χ1n) is 5.10. The van der Waals surface area contributed by atoms with E-state index in [-0.39, 0.29) is 22.8 Å². The molecule has 1 atom stereocenters. The molecule has 0 spiro atoms. The number of rotatable bonds is 1. The van der Waals surface area contributed by atoms with Crippen LogP contribution < -0.4 is 4.74 Å². The minimum atomic E-state index is -4.25. The lowest BCUT2D eigenvalue weighted by Gasteiger charge is -2.22. The number of benzene rings is 1. The zero-order chi connectivity index (χ0) is 12.6. The highest BCUT2D eigenvalue weighted by Gasteiger charge is 2.29. The number of ether oxygens (including phenoxy) is 1. The minimum Gasteiger partial charge on any atom is -0.486 e. The van der Waals surface area contributed by atoms with E-state index in [4.69, 9.17) is 4.74 Å². The maximum Gasteiger partial charge on any atom is 0.446 e. The van der Waals surface area contributed by atoms with Crippen molar-refractivity contribution in [3.63, 3.8) is 0 Å². The van der Waals surface area contributed by atoms with E-state index in [1.807, 2.05) is 19.9 Å². The Bertz CT molecular complexity index is 465. The molecule has 0 aliphatic carbocycles. The summed E-state index contributed by atoms with van der Waals surface area (Å²) in [6.45, 7) is 3.81. The fourth-order valence-electron chi connectivity index (χ4n) is 1.59. The van der Waals surface area contributed by atoms with Crippen molar-refractivity contribution in [2.45, 2.75) is 30.4 Å². The molecule has 2 rings (SSSR count). The highest BCUT2D eigenvalue weighted by Crippen LogP contribution is 2.39. The minimum absolute atomic E-state index is 0.0244. The van der Waals surface area contributed by atoms with Gasteiger partial charge in [0, 0.05) is 10.5 Å². The van der Waals surface area contributed by atoms with Gasteiger partial charge in [-0.05, 0) is 55.5 Å². The van der Waals surface area contributed by atoms with Gasteiger partial charge in [-0.3, -0.25) is 0 Å². The number of halogens is 3. The Morgan fingerprint density at radius 2 is 2.00 bits per heavy atom. The Balaban J connectivity index is 2.31. The van der Waals surface area contributed by atoms with Gasteiger partial charge >= 0.3 is 5.51 Å². The molecule has 1 aromatic carbocycles. The third-order valence-corrected chi connectivity index (χ3v) is 3.26. The summed E-state index contributed by atoms with van der Waals surface area (Å²) >= 11 is -0.109. The van der Waals surface area contributed by atoms with Gasteiger partial charge in [0.1, 0.15) is 11.9 Å². The fraction of sp³-hybridized carbons (Fsp3) is 0.333. The van der Waals surface area contributed by atoms with E-state index >= 15 is 0 Å². The van der Waals surface area contributed by atoms with Gasteiger partial charge in [-0.25, -0.2) is 0 Å². The van der Waals surface area contributed by atoms with Crippen molar-refractivity contribution in [3.05, 3.63) is 29.3 Å². The molecule has 1 aliphatic heterocycles. The molecule has 0 fully saturated rings. The Morgan fingerprint density at radius 1 is 1.29 bits per heavy atom. The lowest BCUT2D eigenvalue weighted by molar-refractivity contribution is -0.0328. The summed E-state index contributed by atoms with van der Waals surface area (Å²) in [5.74, 6) is 0.634. The Morgan fingerprint density at radius 3 is 2.65 bits per heavy atom. The summed E-state index contributed by atoms with van der Waals surface area (Å²) in [7, 11) is 0. The van der Waals surface area contributed by atoms with Gasteiger partial charge in [-0.1, -0.05) is 0 Å². The van der Waals surface area contributed by atoms with Crippen LogP contribution in [0, 0.1) is 0 Å². The van der Waals surface area contributed by atoms with Crippen LogP contribution in [0.2, 0.25) is 0 Å². The lowest BCUT2D eigenvalue weighted by atomic mass is 10.0. The van der Waals surface area contributed by atoms with Crippen LogP contribution in [0.4, 0.5) is 13.2 Å². The van der Waals surface area contributed by atoms with Crippen molar-refractivity contribution in [1.82, 2.24) is 0 Å². The van der Waals surface area contributed by atoms with Crippen LogP contribution in [0.15, 0.2) is 28.7 Å². The summed E-state index contributed by atoms with van der Waals surface area (Å²) in [5.41, 5.74) is -2.54. The van der Waals surface area contributed by atoms with E-state index in [0.717, 1.165) is 5.57 Å². The molecule has 1 unspecified atom stereocenters. The van der Waals surface area contributed by atoms with E-state index < -0.39 is 5.51 Å². The average molecular weight is 260 g/mol. The number of thioether (sulfide) groups is 1. The first-order valence-corrected chi connectivity index (χ1v) is 5.91. The van der Waals surface area contributed by atoms with Crippen LogP contribution in [0.1, 0.15) is 19.4 Å². The molecule has 1 heterocycles. The predicted molar refractivity (Wildman–Crippen MR) is 62.1 cm³/mol. The van der Waals surface area contributed by atoms with Crippen LogP contribution in [-0.4, -0.2) is 11.6 Å². The molecular weight excluding hydrogens is 249 g/mol. The maximum absolute atomic E-state index is 12.2. The second kappa shape index (κ2) is 4.29. The summed E-state index contributed by atoms with van der Waals surface area (Å²) in [5, 5.41) is 0. The molecular formula is C12H11F3OS. The molecule has 0 amide bonds. The molecule has 1 nitrogen and oxygen atoms in total. The van der Waals surface area contributed by atoms with Gasteiger partial charge in [0.15, 0.2) is 0 Å². The highest BCUT2D eigenvalue weighted by atomic mass is 32.2. The first kappa shape index (κ1) is 12.4. The molecule has 1 aliphatic rings. The van der Waals surface area contributed by atoms with Gasteiger partial charge in [0.2, 0.25) is 0 Å². The quantitative estimate of drug-likeness (QED) is 0.688. The summed E-state index contributed by atoms with van der Waals surface area (Å²) in [6, 6.07) is 4.52. The van der Waals surface area contributed by atoms with Gasteiger partial charge < -0.3 is 4.74 Å². The molecule has 0 aromatic heterocycles. The topological polar surface area (TPSA) is 9.23 Å². The molecule has 0 saturated carbocycles. The third kappa shape index (κ3) is 2.97. The SMILES string of the molecule is CC1=Cc2cc(SC(F)(F)F)ccc2OC1C. The Hall–Kier alpha value is -1.10. The van der Waals surface area contributed by atoms with Crippen LogP contribution >= 0.6 is 11.8 Å². The van der Waals surface area contributed by atoms with Crippen LogP contribution in [0.5, 0.6) is 5.75 Å². The second-order valence-corrected chi connectivity index (χ2v) is 5.03. The second-order valence-electron chi connectivity index (χ2n) is 3.90. The Labute approximate surface area is 102 Å². The number of alkyl halides is 3. The monoisotopic (exact) mass is 260 g/mol. The molecule has 17 heavy (non-hydrogen) atoms. The highest BCUT2D eigenvalue weighted by molar-refractivity contribution is 8.00. The van der Waals surface area contributed by atoms with E-state index in [1.54, 1.807) is 6.07 Å². The van der Waals surface area contributed by atoms with E-state index in [1.165, 1.54) is 12.1 Å². The molecule has 0 bridgehead atoms. The standard InChI is InChI=1S/C12H11F3OS/c1-7-5-9-6-10(17-12(13,14)15)3-4-11(9)16-8(7)2/h3-6,8H,1-2H3. The fourth-order valence-corrected chi connectivity index (χ4v) is 2.18. The van der Waals surface area contributed by atoms with Crippen molar-refractivity contribution >= 4 is 17.8 Å². The van der Waals surface area contributed by atoms with Gasteiger partial charge in [0.25, 0.3) is 0 Å². The third-order valence-electron chi connectivity index (χ3n) is 2.54. The normalized spacial score (nSPS) is 19.4. The van der Waals surface area contributed by atoms with Crippen LogP contribution in [0.3, 0.4) is 0 Å². The van der Waals surface area contributed by atoms with E-state index in [0.29, 0.717) is 11.3 Å². The average Bonchev–Trinajstić information content (AvgIpc) is 2.18. The maximum atomic E-state index is 12.2. The van der Waals surface area contributed by atoms with Crippen molar-refractivity contribution in [2.24, 2.45) is 0 Å². The number of hydrogen-bond acceptors (Lipinski definition) is 2. The molecule has 0 saturated heterocycles. The van der Waals surface area contributed by atoms with Crippen LogP contribution in [-0.2, 0) is 0 Å². The smallest absolute Gasteiger partial charge is 0.446 e. The van der Waals surface area contributed by atoms with Gasteiger partial charge in [-0.15, -0.1) is 0 Å². The van der Waals surface area contributed by atoms with E-state index in [9.17, 15) is 13.2 Å². The first-order chi connectivity index (χ1) is 7.85. The Kier molecular flexibility index (Phi) is 3.12. The predicted octanol–water partition coefficient (Wildman–Crippen LogP) is 4.48. The van der Waals surface area contributed by atoms with Gasteiger partial charge in [-0.2, -0.15) is 13.2 Å². The zero-order valence-electron chi connectivity index (χ0n) is 9.34. The molecule has 0 radical (unpaired) electrons. The molecule has 1 aromatic rings. The van der Waals surface area contributed by atoms with Crippen molar-refractivity contribution in [1.29, 1.82) is 0 Å². The largest absolute Gasteiger partial charge is 0.486 e. The molecule has 92 valence electrons. The van der Waals surface area contributed by atoms with E-state index in [2.05, 4.69) is 0 Å². The molecule has 5 heteroatoms. The zero-order valence-corrected chi connectivity index (χ0v) is 10.2.